The Morgan fingerprint density at radius 2 is 1.93 bits per heavy atom. The third kappa shape index (κ3) is 4.25. The summed E-state index contributed by atoms with van der Waals surface area (Å²) in [5.41, 5.74) is 1.22. The number of hydrogen-bond acceptors (Lipinski definition) is 4. The number of halogens is 3. The van der Waals surface area contributed by atoms with Gasteiger partial charge in [0.25, 0.3) is 0 Å². The molecular formula is C19H16ClF2N3O2. The van der Waals surface area contributed by atoms with E-state index in [0.717, 1.165) is 11.6 Å². The van der Waals surface area contributed by atoms with E-state index in [4.69, 9.17) is 16.3 Å². The lowest BCUT2D eigenvalue weighted by Gasteiger charge is -2.16. The van der Waals surface area contributed by atoms with Gasteiger partial charge in [0.05, 0.1) is 19.9 Å². The first kappa shape index (κ1) is 18.8. The quantitative estimate of drug-likeness (QED) is 0.705. The minimum Gasteiger partial charge on any atom is -0.490 e. The van der Waals surface area contributed by atoms with E-state index in [1.165, 1.54) is 30.0 Å². The Morgan fingerprint density at radius 1 is 1.22 bits per heavy atom. The van der Waals surface area contributed by atoms with Gasteiger partial charge in [-0.25, -0.2) is 8.78 Å². The maximum Gasteiger partial charge on any atom is 0.316 e. The maximum absolute atomic E-state index is 13.5. The number of ether oxygens (including phenoxy) is 1. The van der Waals surface area contributed by atoms with Gasteiger partial charge in [-0.05, 0) is 42.3 Å². The van der Waals surface area contributed by atoms with Gasteiger partial charge in [0.2, 0.25) is 11.7 Å². The summed E-state index contributed by atoms with van der Waals surface area (Å²) >= 11 is 6.13. The zero-order chi connectivity index (χ0) is 19.6. The molecule has 5 nitrogen and oxygen atoms in total. The molecule has 1 heterocycles. The second-order valence-corrected chi connectivity index (χ2v) is 6.29. The van der Waals surface area contributed by atoms with Crippen LogP contribution in [0.5, 0.6) is 5.75 Å². The Kier molecular flexibility index (Phi) is 5.41. The summed E-state index contributed by atoms with van der Waals surface area (Å²) in [5.74, 6) is -1.17. The molecular weight excluding hydrogens is 376 g/mol. The lowest BCUT2D eigenvalue weighted by Crippen LogP contribution is -2.19. The summed E-state index contributed by atoms with van der Waals surface area (Å²) < 4.78 is 33.6. The maximum atomic E-state index is 13.5. The number of nitrogens with zero attached hydrogens (tertiary/aromatic N) is 2. The van der Waals surface area contributed by atoms with Crippen LogP contribution >= 0.6 is 11.6 Å². The molecule has 0 bridgehead atoms. The van der Waals surface area contributed by atoms with Crippen LogP contribution in [0.4, 0.5) is 20.4 Å². The minimum absolute atomic E-state index is 0.0141. The highest BCUT2D eigenvalue weighted by Gasteiger charge is 2.12. The van der Waals surface area contributed by atoms with Crippen LogP contribution in [-0.4, -0.2) is 16.7 Å². The molecule has 3 rings (SSSR count). The van der Waals surface area contributed by atoms with Crippen molar-refractivity contribution in [3.63, 3.8) is 0 Å². The van der Waals surface area contributed by atoms with Crippen molar-refractivity contribution in [3.8, 4) is 5.75 Å². The smallest absolute Gasteiger partial charge is 0.316 e. The SMILES string of the molecule is COc1cn(Cc2cc(F)cc(F)c2)c(Nc2cccc(Cl)c2C)nc1=O. The standard InChI is InChI=1S/C19H16ClF2N3O2/c1-11-15(20)4-3-5-16(11)23-19-24-18(26)17(27-2)10-25(19)9-12-6-13(21)8-14(22)7-12/h3-8,10H,9H2,1-2H3,(H,23,24,26). The van der Waals surface area contributed by atoms with Gasteiger partial charge in [-0.2, -0.15) is 4.98 Å². The summed E-state index contributed by atoms with van der Waals surface area (Å²) in [5, 5.41) is 3.60. The van der Waals surface area contributed by atoms with Gasteiger partial charge < -0.3 is 14.6 Å². The molecule has 0 aliphatic heterocycles. The van der Waals surface area contributed by atoms with Crippen LogP contribution in [0.15, 0.2) is 47.4 Å². The van der Waals surface area contributed by atoms with Gasteiger partial charge in [0.15, 0.2) is 0 Å². The zero-order valence-corrected chi connectivity index (χ0v) is 15.3. The molecule has 0 amide bonds. The third-order valence-electron chi connectivity index (χ3n) is 3.97. The minimum atomic E-state index is -0.689. The Morgan fingerprint density at radius 3 is 2.59 bits per heavy atom. The Labute approximate surface area is 159 Å². The van der Waals surface area contributed by atoms with Crippen molar-refractivity contribution in [2.24, 2.45) is 0 Å². The number of methoxy groups -OCH3 is 1. The highest BCUT2D eigenvalue weighted by atomic mass is 35.5. The highest BCUT2D eigenvalue weighted by molar-refractivity contribution is 6.31. The summed E-state index contributed by atoms with van der Waals surface area (Å²) in [6, 6.07) is 8.49. The monoisotopic (exact) mass is 391 g/mol. The summed E-state index contributed by atoms with van der Waals surface area (Å²) in [7, 11) is 1.35. The van der Waals surface area contributed by atoms with E-state index < -0.39 is 17.2 Å². The van der Waals surface area contributed by atoms with Crippen LogP contribution in [-0.2, 0) is 6.54 Å². The number of hydrogen-bond donors (Lipinski definition) is 1. The molecule has 0 saturated carbocycles. The lowest BCUT2D eigenvalue weighted by molar-refractivity contribution is 0.402. The van der Waals surface area contributed by atoms with Gasteiger partial charge in [-0.1, -0.05) is 17.7 Å². The molecule has 0 aliphatic rings. The van der Waals surface area contributed by atoms with Gasteiger partial charge in [0, 0.05) is 16.8 Å². The molecule has 3 aromatic rings. The first-order valence-corrected chi connectivity index (χ1v) is 8.37. The first-order valence-electron chi connectivity index (χ1n) is 8.00. The van der Waals surface area contributed by atoms with Crippen molar-refractivity contribution < 1.29 is 13.5 Å². The van der Waals surface area contributed by atoms with Crippen LogP contribution in [0.3, 0.4) is 0 Å². The molecule has 0 radical (unpaired) electrons. The van der Waals surface area contributed by atoms with E-state index in [1.807, 2.05) is 6.92 Å². The molecule has 0 unspecified atom stereocenters. The normalized spacial score (nSPS) is 10.7. The fourth-order valence-electron chi connectivity index (χ4n) is 2.60. The molecule has 0 spiro atoms. The Bertz CT molecular complexity index is 1030. The van der Waals surface area contributed by atoms with E-state index in [1.54, 1.807) is 18.2 Å². The molecule has 0 aliphatic carbocycles. The van der Waals surface area contributed by atoms with Crippen LogP contribution in [0.1, 0.15) is 11.1 Å². The van der Waals surface area contributed by atoms with Gasteiger partial charge in [-0.3, -0.25) is 4.79 Å². The molecule has 1 N–H and O–H groups in total. The molecule has 8 heteroatoms. The third-order valence-corrected chi connectivity index (χ3v) is 4.38. The van der Waals surface area contributed by atoms with E-state index in [-0.39, 0.29) is 18.2 Å². The van der Waals surface area contributed by atoms with Crippen molar-refractivity contribution >= 4 is 23.2 Å². The number of anilines is 2. The van der Waals surface area contributed by atoms with Gasteiger partial charge in [0.1, 0.15) is 11.6 Å². The van der Waals surface area contributed by atoms with E-state index in [9.17, 15) is 13.6 Å². The van der Waals surface area contributed by atoms with Crippen LogP contribution in [0, 0.1) is 18.6 Å². The fourth-order valence-corrected chi connectivity index (χ4v) is 2.77. The summed E-state index contributed by atoms with van der Waals surface area (Å²) in [6.45, 7) is 1.89. The van der Waals surface area contributed by atoms with Crippen molar-refractivity contribution in [2.75, 3.05) is 12.4 Å². The van der Waals surface area contributed by atoms with E-state index >= 15 is 0 Å². The fraction of sp³-hybridized carbons (Fsp3) is 0.158. The van der Waals surface area contributed by atoms with Crippen LogP contribution in [0.2, 0.25) is 5.02 Å². The largest absolute Gasteiger partial charge is 0.490 e. The predicted octanol–water partition coefficient (Wildman–Crippen LogP) is 4.28. The summed E-state index contributed by atoms with van der Waals surface area (Å²) in [4.78, 5) is 16.1. The summed E-state index contributed by atoms with van der Waals surface area (Å²) in [6.07, 6.45) is 1.43. The van der Waals surface area contributed by atoms with Crippen molar-refractivity contribution in [1.82, 2.24) is 9.55 Å². The molecule has 140 valence electrons. The van der Waals surface area contributed by atoms with Gasteiger partial charge in [-0.15, -0.1) is 0 Å². The molecule has 27 heavy (non-hydrogen) atoms. The van der Waals surface area contributed by atoms with Gasteiger partial charge >= 0.3 is 5.56 Å². The van der Waals surface area contributed by atoms with E-state index in [0.29, 0.717) is 16.3 Å². The predicted molar refractivity (Wildman–Crippen MR) is 100.0 cm³/mol. The zero-order valence-electron chi connectivity index (χ0n) is 14.6. The molecule has 2 aromatic carbocycles. The number of benzene rings is 2. The topological polar surface area (TPSA) is 56.1 Å². The Balaban J connectivity index is 2.05. The first-order chi connectivity index (χ1) is 12.9. The molecule has 0 saturated heterocycles. The van der Waals surface area contributed by atoms with Crippen molar-refractivity contribution in [2.45, 2.75) is 13.5 Å². The molecule has 0 fully saturated rings. The molecule has 0 atom stereocenters. The van der Waals surface area contributed by atoms with Crippen molar-refractivity contribution in [1.29, 1.82) is 0 Å². The molecule has 1 aromatic heterocycles. The number of nitrogens with one attached hydrogen (secondary N) is 1. The number of rotatable bonds is 5. The highest BCUT2D eigenvalue weighted by Crippen LogP contribution is 2.26. The van der Waals surface area contributed by atoms with Crippen molar-refractivity contribution in [3.05, 3.63) is 80.7 Å². The lowest BCUT2D eigenvalue weighted by atomic mass is 10.2. The Hall–Kier alpha value is -2.93. The van der Waals surface area contributed by atoms with Crippen LogP contribution in [0.25, 0.3) is 0 Å². The second-order valence-electron chi connectivity index (χ2n) is 5.88. The van der Waals surface area contributed by atoms with Crippen LogP contribution < -0.4 is 15.6 Å². The number of aromatic nitrogens is 2. The average Bonchev–Trinajstić information content (AvgIpc) is 2.60. The van der Waals surface area contributed by atoms with E-state index in [2.05, 4.69) is 10.3 Å². The second kappa shape index (κ2) is 7.75. The average molecular weight is 392 g/mol.